The van der Waals surface area contributed by atoms with Crippen LogP contribution in [0.2, 0.25) is 0 Å². The van der Waals surface area contributed by atoms with E-state index in [1.54, 1.807) is 30.1 Å². The predicted octanol–water partition coefficient (Wildman–Crippen LogP) is 1.89. The van der Waals surface area contributed by atoms with Gasteiger partial charge in [0.1, 0.15) is 5.82 Å². The summed E-state index contributed by atoms with van der Waals surface area (Å²) >= 11 is 0. The molecule has 2 atom stereocenters. The molecule has 2 rings (SSSR count). The second-order valence-electron chi connectivity index (χ2n) is 6.00. The van der Waals surface area contributed by atoms with Crippen molar-refractivity contribution >= 4 is 18.3 Å². The number of carbonyl (C=O) groups is 1. The average Bonchev–Trinajstić information content (AvgIpc) is 2.40. The SMILES string of the molecule is CC1CN(CC(=O)N(C)Cc2ccccc2F)CC(C)N1.Cl. The monoisotopic (exact) mass is 329 g/mol. The van der Waals surface area contributed by atoms with Gasteiger partial charge in [-0.05, 0) is 19.9 Å². The van der Waals surface area contributed by atoms with Crippen LogP contribution in [0.25, 0.3) is 0 Å². The number of amides is 1. The van der Waals surface area contributed by atoms with E-state index in [1.807, 2.05) is 0 Å². The molecule has 2 unspecified atom stereocenters. The average molecular weight is 330 g/mol. The molecule has 0 aliphatic carbocycles. The fraction of sp³-hybridized carbons (Fsp3) is 0.562. The van der Waals surface area contributed by atoms with Gasteiger partial charge in [-0.3, -0.25) is 9.69 Å². The maximum absolute atomic E-state index is 13.6. The quantitative estimate of drug-likeness (QED) is 0.916. The van der Waals surface area contributed by atoms with Crippen LogP contribution in [0.5, 0.6) is 0 Å². The fourth-order valence-electron chi connectivity index (χ4n) is 2.85. The highest BCUT2D eigenvalue weighted by molar-refractivity contribution is 5.85. The molecular weight excluding hydrogens is 305 g/mol. The molecule has 1 aromatic carbocycles. The molecule has 1 heterocycles. The number of likely N-dealkylation sites (N-methyl/N-ethyl adjacent to an activating group) is 1. The summed E-state index contributed by atoms with van der Waals surface area (Å²) in [4.78, 5) is 16.0. The van der Waals surface area contributed by atoms with Crippen molar-refractivity contribution < 1.29 is 9.18 Å². The first kappa shape index (κ1) is 18.9. The van der Waals surface area contributed by atoms with Crippen LogP contribution < -0.4 is 5.32 Å². The van der Waals surface area contributed by atoms with Gasteiger partial charge < -0.3 is 10.2 Å². The zero-order valence-corrected chi connectivity index (χ0v) is 14.2. The second-order valence-corrected chi connectivity index (χ2v) is 6.00. The second kappa shape index (κ2) is 8.46. The molecular formula is C16H25ClFN3O. The normalized spacial score (nSPS) is 22.0. The topological polar surface area (TPSA) is 35.6 Å². The maximum atomic E-state index is 13.6. The summed E-state index contributed by atoms with van der Waals surface area (Å²) in [5.41, 5.74) is 0.551. The Morgan fingerprint density at radius 3 is 2.50 bits per heavy atom. The number of halogens is 2. The standard InChI is InChI=1S/C16H24FN3O.ClH/c1-12-8-20(9-13(2)18-12)11-16(21)19(3)10-14-6-4-5-7-15(14)17;/h4-7,12-13,18H,8-11H2,1-3H3;1H. The van der Waals surface area contributed by atoms with Crippen molar-refractivity contribution in [3.05, 3.63) is 35.6 Å². The first-order valence-electron chi connectivity index (χ1n) is 7.41. The Labute approximate surface area is 138 Å². The Kier molecular flexibility index (Phi) is 7.26. The van der Waals surface area contributed by atoms with Crippen LogP contribution in [-0.4, -0.2) is 54.5 Å². The van der Waals surface area contributed by atoms with Crippen molar-refractivity contribution in [3.8, 4) is 0 Å². The van der Waals surface area contributed by atoms with E-state index < -0.39 is 0 Å². The summed E-state index contributed by atoms with van der Waals surface area (Å²) in [7, 11) is 1.73. The summed E-state index contributed by atoms with van der Waals surface area (Å²) in [5, 5.41) is 3.44. The summed E-state index contributed by atoms with van der Waals surface area (Å²) in [6.45, 7) is 6.67. The fourth-order valence-corrected chi connectivity index (χ4v) is 2.85. The van der Waals surface area contributed by atoms with E-state index in [2.05, 4.69) is 24.1 Å². The molecule has 1 fully saturated rings. The molecule has 1 aliphatic heterocycles. The summed E-state index contributed by atoms with van der Waals surface area (Å²) < 4.78 is 13.6. The number of piperazine rings is 1. The van der Waals surface area contributed by atoms with E-state index in [-0.39, 0.29) is 24.1 Å². The summed E-state index contributed by atoms with van der Waals surface area (Å²) in [6.07, 6.45) is 0. The number of hydrogen-bond donors (Lipinski definition) is 1. The van der Waals surface area contributed by atoms with Crippen molar-refractivity contribution in [1.29, 1.82) is 0 Å². The molecule has 1 aliphatic rings. The highest BCUT2D eigenvalue weighted by Gasteiger charge is 2.23. The highest BCUT2D eigenvalue weighted by atomic mass is 35.5. The van der Waals surface area contributed by atoms with Crippen LogP contribution in [0.4, 0.5) is 4.39 Å². The molecule has 1 aromatic rings. The predicted molar refractivity (Wildman–Crippen MR) is 88.6 cm³/mol. The minimum absolute atomic E-state index is 0. The molecule has 1 saturated heterocycles. The number of rotatable bonds is 4. The molecule has 22 heavy (non-hydrogen) atoms. The minimum atomic E-state index is -0.262. The lowest BCUT2D eigenvalue weighted by Gasteiger charge is -2.36. The van der Waals surface area contributed by atoms with Crippen LogP contribution in [0.1, 0.15) is 19.4 Å². The van der Waals surface area contributed by atoms with Crippen LogP contribution in [0, 0.1) is 5.82 Å². The molecule has 4 nitrogen and oxygen atoms in total. The van der Waals surface area contributed by atoms with Gasteiger partial charge in [0.15, 0.2) is 0 Å². The van der Waals surface area contributed by atoms with E-state index in [1.165, 1.54) is 6.07 Å². The van der Waals surface area contributed by atoms with Gasteiger partial charge in [-0.15, -0.1) is 12.4 Å². The lowest BCUT2D eigenvalue weighted by molar-refractivity contribution is -0.132. The molecule has 0 saturated carbocycles. The van der Waals surface area contributed by atoms with Crippen molar-refractivity contribution in [1.82, 2.24) is 15.1 Å². The molecule has 0 bridgehead atoms. The summed E-state index contributed by atoms with van der Waals surface area (Å²) in [5.74, 6) is -0.235. The van der Waals surface area contributed by atoms with E-state index >= 15 is 0 Å². The number of nitrogens with one attached hydrogen (secondary N) is 1. The Bertz CT molecular complexity index is 490. The van der Waals surface area contributed by atoms with Crippen molar-refractivity contribution in [3.63, 3.8) is 0 Å². The van der Waals surface area contributed by atoms with Crippen molar-refractivity contribution in [2.75, 3.05) is 26.7 Å². The Balaban J connectivity index is 0.00000242. The van der Waals surface area contributed by atoms with Gasteiger partial charge >= 0.3 is 0 Å². The third-order valence-corrected chi connectivity index (χ3v) is 3.78. The summed E-state index contributed by atoms with van der Waals surface area (Å²) in [6, 6.07) is 7.36. The van der Waals surface area contributed by atoms with Crippen molar-refractivity contribution in [2.24, 2.45) is 0 Å². The van der Waals surface area contributed by atoms with Gasteiger partial charge in [0.25, 0.3) is 0 Å². The van der Waals surface area contributed by atoms with Gasteiger partial charge in [-0.25, -0.2) is 4.39 Å². The lowest BCUT2D eigenvalue weighted by atomic mass is 10.1. The Hall–Kier alpha value is -1.17. The van der Waals surface area contributed by atoms with Crippen LogP contribution in [0.15, 0.2) is 24.3 Å². The number of nitrogens with zero attached hydrogens (tertiary/aromatic N) is 2. The van der Waals surface area contributed by atoms with Gasteiger partial charge in [-0.2, -0.15) is 0 Å². The number of carbonyl (C=O) groups excluding carboxylic acids is 1. The van der Waals surface area contributed by atoms with E-state index in [9.17, 15) is 9.18 Å². The third kappa shape index (κ3) is 5.23. The van der Waals surface area contributed by atoms with Gasteiger partial charge in [0.05, 0.1) is 6.54 Å². The molecule has 1 N–H and O–H groups in total. The van der Waals surface area contributed by atoms with Crippen LogP contribution in [-0.2, 0) is 11.3 Å². The Morgan fingerprint density at radius 1 is 1.32 bits per heavy atom. The van der Waals surface area contributed by atoms with Crippen molar-refractivity contribution in [2.45, 2.75) is 32.5 Å². The molecule has 0 radical (unpaired) electrons. The zero-order valence-electron chi connectivity index (χ0n) is 13.4. The smallest absolute Gasteiger partial charge is 0.236 e. The number of hydrogen-bond acceptors (Lipinski definition) is 3. The first-order chi connectivity index (χ1) is 9.95. The largest absolute Gasteiger partial charge is 0.340 e. The highest BCUT2D eigenvalue weighted by Crippen LogP contribution is 2.10. The first-order valence-corrected chi connectivity index (χ1v) is 7.41. The number of benzene rings is 1. The van der Waals surface area contributed by atoms with Gasteiger partial charge in [-0.1, -0.05) is 18.2 Å². The zero-order chi connectivity index (χ0) is 15.4. The molecule has 6 heteroatoms. The third-order valence-electron chi connectivity index (χ3n) is 3.78. The van der Waals surface area contributed by atoms with Crippen LogP contribution >= 0.6 is 12.4 Å². The van der Waals surface area contributed by atoms with E-state index in [4.69, 9.17) is 0 Å². The van der Waals surface area contributed by atoms with Gasteiger partial charge in [0.2, 0.25) is 5.91 Å². The Morgan fingerprint density at radius 2 is 1.91 bits per heavy atom. The molecule has 124 valence electrons. The minimum Gasteiger partial charge on any atom is -0.340 e. The molecule has 0 aromatic heterocycles. The van der Waals surface area contributed by atoms with Crippen LogP contribution in [0.3, 0.4) is 0 Å². The molecule has 0 spiro atoms. The van der Waals surface area contributed by atoms with E-state index in [0.717, 1.165) is 13.1 Å². The molecule has 1 amide bonds. The van der Waals surface area contributed by atoms with Gasteiger partial charge in [0, 0.05) is 44.3 Å². The lowest BCUT2D eigenvalue weighted by Crippen LogP contribution is -2.56. The maximum Gasteiger partial charge on any atom is 0.236 e. The van der Waals surface area contributed by atoms with E-state index in [0.29, 0.717) is 30.7 Å².